The number of benzene rings is 3. The summed E-state index contributed by atoms with van der Waals surface area (Å²) in [5, 5.41) is 41.2. The summed E-state index contributed by atoms with van der Waals surface area (Å²) in [6.45, 7) is 1.27. The number of aromatic hydroxyl groups is 3. The Morgan fingerprint density at radius 3 is 2.41 bits per heavy atom. The fourth-order valence-electron chi connectivity index (χ4n) is 4.81. The van der Waals surface area contributed by atoms with Crippen LogP contribution in [0, 0.1) is 0 Å². The molecule has 0 saturated heterocycles. The number of carbonyl (C=O) groups is 2. The molecule has 0 bridgehead atoms. The van der Waals surface area contributed by atoms with Gasteiger partial charge in [0, 0.05) is 36.5 Å². The highest BCUT2D eigenvalue weighted by Gasteiger charge is 2.40. The molecule has 0 amide bonds. The number of phenolic OH excluding ortho intramolecular Hbond substituents is 3. The number of ether oxygens (including phenoxy) is 4. The Hall–Kier alpha value is -4.44. The van der Waals surface area contributed by atoms with Gasteiger partial charge in [0.05, 0.1) is 19.6 Å². The van der Waals surface area contributed by atoms with E-state index in [9.17, 15) is 30.0 Å². The highest BCUT2D eigenvalue weighted by atomic mass is 16.6. The number of fused-ring (bicyclic) bond motifs is 3. The van der Waals surface area contributed by atoms with Gasteiger partial charge in [-0.25, -0.2) is 0 Å². The molecule has 3 aromatic carbocycles. The lowest BCUT2D eigenvalue weighted by Crippen LogP contribution is -2.32. The van der Waals surface area contributed by atoms with Crippen molar-refractivity contribution in [1.29, 1.82) is 0 Å². The first-order valence-corrected chi connectivity index (χ1v) is 11.5. The molecule has 0 saturated carbocycles. The zero-order chi connectivity index (χ0) is 26.4. The number of rotatable bonds is 4. The van der Waals surface area contributed by atoms with Gasteiger partial charge in [-0.15, -0.1) is 0 Å². The highest BCUT2D eigenvalue weighted by Crippen LogP contribution is 2.53. The number of methoxy groups -OCH3 is 1. The van der Waals surface area contributed by atoms with Gasteiger partial charge in [0.15, 0.2) is 23.0 Å². The summed E-state index contributed by atoms with van der Waals surface area (Å²) in [6, 6.07) is 10.3. The molecule has 37 heavy (non-hydrogen) atoms. The Labute approximate surface area is 211 Å². The Kier molecular flexibility index (Phi) is 6.04. The molecule has 2 heterocycles. The molecule has 2 aliphatic heterocycles. The average molecular weight is 508 g/mol. The van der Waals surface area contributed by atoms with Crippen LogP contribution in [0.15, 0.2) is 42.5 Å². The average Bonchev–Trinajstić information content (AvgIpc) is 2.85. The molecule has 0 fully saturated rings. The van der Waals surface area contributed by atoms with Crippen molar-refractivity contribution >= 4 is 11.9 Å². The molecular formula is C27H24O10. The third-order valence-corrected chi connectivity index (χ3v) is 6.48. The number of aliphatic hydroxyl groups is 1. The van der Waals surface area contributed by atoms with Crippen molar-refractivity contribution in [3.8, 4) is 40.2 Å². The molecule has 3 unspecified atom stereocenters. The van der Waals surface area contributed by atoms with E-state index >= 15 is 0 Å². The van der Waals surface area contributed by atoms with Gasteiger partial charge in [0.25, 0.3) is 0 Å². The second-order valence-corrected chi connectivity index (χ2v) is 8.91. The van der Waals surface area contributed by atoms with Crippen molar-refractivity contribution in [2.24, 2.45) is 0 Å². The van der Waals surface area contributed by atoms with Gasteiger partial charge in [0.2, 0.25) is 0 Å². The maximum Gasteiger partial charge on any atom is 0.312 e. The molecule has 3 atom stereocenters. The first-order chi connectivity index (χ1) is 17.7. The lowest BCUT2D eigenvalue weighted by molar-refractivity contribution is -0.135. The lowest BCUT2D eigenvalue weighted by Gasteiger charge is -2.36. The number of phenols is 3. The van der Waals surface area contributed by atoms with E-state index in [1.54, 1.807) is 18.2 Å². The summed E-state index contributed by atoms with van der Waals surface area (Å²) in [4.78, 5) is 24.0. The summed E-state index contributed by atoms with van der Waals surface area (Å²) < 4.78 is 22.3. The van der Waals surface area contributed by atoms with Crippen molar-refractivity contribution < 1.29 is 49.0 Å². The van der Waals surface area contributed by atoms with E-state index in [4.69, 9.17) is 18.9 Å². The van der Waals surface area contributed by atoms with E-state index in [-0.39, 0.29) is 53.1 Å². The zero-order valence-electron chi connectivity index (χ0n) is 19.9. The van der Waals surface area contributed by atoms with E-state index < -0.39 is 30.1 Å². The second-order valence-electron chi connectivity index (χ2n) is 8.91. The minimum Gasteiger partial charge on any atom is -0.507 e. The van der Waals surface area contributed by atoms with E-state index in [0.29, 0.717) is 22.3 Å². The van der Waals surface area contributed by atoms with E-state index in [2.05, 4.69) is 0 Å². The summed E-state index contributed by atoms with van der Waals surface area (Å²) in [6.07, 6.45) is -2.04. The molecule has 192 valence electrons. The monoisotopic (exact) mass is 508 g/mol. The standard InChI is InChI=1S/C27H24O10/c1-12(28)35-21-6-4-13(8-22(21)34-2)15-10-24(33)36-23-11-18(30)16-9-20(32)26(37-27(16)25(15)23)14-3-5-17(29)19(31)7-14/h3-8,11,15,20,26,29-32H,9-10H2,1-2H3. The highest BCUT2D eigenvalue weighted by molar-refractivity contribution is 5.80. The fraction of sp³-hybridized carbons (Fsp3) is 0.259. The fourth-order valence-corrected chi connectivity index (χ4v) is 4.81. The molecule has 0 aromatic heterocycles. The number of aliphatic hydroxyl groups excluding tert-OH is 1. The van der Waals surface area contributed by atoms with Crippen LogP contribution in [0.4, 0.5) is 0 Å². The molecule has 4 N–H and O–H groups in total. The molecule has 0 aliphatic carbocycles. The first kappa shape index (κ1) is 24.3. The Morgan fingerprint density at radius 1 is 0.946 bits per heavy atom. The SMILES string of the molecule is COc1cc(C2CC(=O)Oc3cc(O)c4c(c32)OC(c2ccc(O)c(O)c2)C(O)C4)ccc1OC(C)=O. The van der Waals surface area contributed by atoms with Gasteiger partial charge in [-0.1, -0.05) is 12.1 Å². The van der Waals surface area contributed by atoms with Crippen LogP contribution in [0.2, 0.25) is 0 Å². The van der Waals surface area contributed by atoms with Crippen molar-refractivity contribution in [2.45, 2.75) is 37.9 Å². The van der Waals surface area contributed by atoms with Crippen LogP contribution in [-0.4, -0.2) is 45.6 Å². The summed E-state index contributed by atoms with van der Waals surface area (Å²) in [5.41, 5.74) is 1.89. The van der Waals surface area contributed by atoms with E-state index in [0.717, 1.165) is 0 Å². The first-order valence-electron chi connectivity index (χ1n) is 11.5. The molecule has 0 radical (unpaired) electrons. The maximum absolute atomic E-state index is 12.5. The minimum absolute atomic E-state index is 0.0239. The predicted molar refractivity (Wildman–Crippen MR) is 127 cm³/mol. The van der Waals surface area contributed by atoms with E-state index in [1.807, 2.05) is 0 Å². The second kappa shape index (κ2) is 9.21. The number of esters is 2. The molecular weight excluding hydrogens is 484 g/mol. The van der Waals surface area contributed by atoms with Crippen LogP contribution < -0.4 is 18.9 Å². The quantitative estimate of drug-likeness (QED) is 0.235. The molecule has 3 aromatic rings. The van der Waals surface area contributed by atoms with Crippen LogP contribution in [0.1, 0.15) is 47.6 Å². The van der Waals surface area contributed by atoms with Crippen LogP contribution in [0.25, 0.3) is 0 Å². The maximum atomic E-state index is 12.5. The third kappa shape index (κ3) is 4.36. The summed E-state index contributed by atoms with van der Waals surface area (Å²) in [7, 11) is 1.43. The zero-order valence-corrected chi connectivity index (χ0v) is 19.9. The van der Waals surface area contributed by atoms with Gasteiger partial charge in [-0.05, 0) is 35.4 Å². The van der Waals surface area contributed by atoms with Crippen LogP contribution >= 0.6 is 0 Å². The predicted octanol–water partition coefficient (Wildman–Crippen LogP) is 3.22. The smallest absolute Gasteiger partial charge is 0.312 e. The largest absolute Gasteiger partial charge is 0.507 e. The molecule has 10 nitrogen and oxygen atoms in total. The normalized spacial score (nSPS) is 20.2. The summed E-state index contributed by atoms with van der Waals surface area (Å²) >= 11 is 0. The molecule has 2 aliphatic rings. The van der Waals surface area contributed by atoms with Crippen molar-refractivity contribution in [2.75, 3.05) is 7.11 Å². The number of hydrogen-bond donors (Lipinski definition) is 4. The van der Waals surface area contributed by atoms with Gasteiger partial charge >= 0.3 is 11.9 Å². The van der Waals surface area contributed by atoms with Crippen molar-refractivity contribution in [3.05, 3.63) is 64.7 Å². The Morgan fingerprint density at radius 2 is 1.70 bits per heavy atom. The minimum atomic E-state index is -1.08. The van der Waals surface area contributed by atoms with Gasteiger partial charge in [-0.3, -0.25) is 9.59 Å². The number of carbonyl (C=O) groups excluding carboxylic acids is 2. The van der Waals surface area contributed by atoms with Crippen molar-refractivity contribution in [3.63, 3.8) is 0 Å². The lowest BCUT2D eigenvalue weighted by atomic mass is 9.82. The van der Waals surface area contributed by atoms with Crippen molar-refractivity contribution in [1.82, 2.24) is 0 Å². The molecule has 5 rings (SSSR count). The van der Waals surface area contributed by atoms with E-state index in [1.165, 1.54) is 38.3 Å². The van der Waals surface area contributed by atoms with Gasteiger partial charge < -0.3 is 39.4 Å². The summed E-state index contributed by atoms with van der Waals surface area (Å²) in [5.74, 6) is -1.62. The van der Waals surface area contributed by atoms with Crippen LogP contribution in [-0.2, 0) is 16.0 Å². The van der Waals surface area contributed by atoms with Crippen LogP contribution in [0.3, 0.4) is 0 Å². The molecule has 10 heteroatoms. The number of hydrogen-bond acceptors (Lipinski definition) is 10. The topological polar surface area (TPSA) is 152 Å². The molecule has 0 spiro atoms. The van der Waals surface area contributed by atoms with Gasteiger partial charge in [-0.2, -0.15) is 0 Å². The van der Waals surface area contributed by atoms with Gasteiger partial charge in [0.1, 0.15) is 23.4 Å². The Balaban J connectivity index is 1.63. The third-order valence-electron chi connectivity index (χ3n) is 6.48. The van der Waals surface area contributed by atoms with Crippen LogP contribution in [0.5, 0.6) is 40.2 Å². The Bertz CT molecular complexity index is 1410.